The molecule has 0 saturated carbocycles. The molecule has 1 aromatic carbocycles. The van der Waals surface area contributed by atoms with Crippen molar-refractivity contribution in [3.63, 3.8) is 0 Å². The van der Waals surface area contributed by atoms with Gasteiger partial charge in [-0.2, -0.15) is 0 Å². The number of carbonyl (C=O) groups excluding carboxylic acids is 1. The molecule has 3 N–H and O–H groups in total. The lowest BCUT2D eigenvalue weighted by molar-refractivity contribution is 0.101. The quantitative estimate of drug-likeness (QED) is 0.729. The van der Waals surface area contributed by atoms with Crippen LogP contribution >= 0.6 is 0 Å². The smallest absolute Gasteiger partial charge is 0.272 e. The molecule has 1 aliphatic heterocycles. The molecule has 2 atom stereocenters. The molecule has 0 aliphatic carbocycles. The summed E-state index contributed by atoms with van der Waals surface area (Å²) in [7, 11) is 0.863. The number of carbonyl (C=O) groups is 1. The van der Waals surface area contributed by atoms with Gasteiger partial charge in [-0.15, -0.1) is 0 Å². The number of hydrogen-bond acceptors (Lipinski definition) is 2. The Morgan fingerprint density at radius 2 is 2.15 bits per heavy atom. The van der Waals surface area contributed by atoms with Crippen LogP contribution < -0.4 is 10.0 Å². The summed E-state index contributed by atoms with van der Waals surface area (Å²) in [5, 5.41) is 2.64. The first-order chi connectivity index (χ1) is 12.8. The summed E-state index contributed by atoms with van der Waals surface area (Å²) >= 11 is 0. The third-order valence-corrected chi connectivity index (χ3v) is 6.00. The summed E-state index contributed by atoms with van der Waals surface area (Å²) in [6.07, 6.45) is 4.35. The SMILES string of the molecule is CC(C)CC1CCc2c(cn(C)c2C(=O)Nc2ccc(F)c(F)c2)S(=N)N1. The average molecular weight is 394 g/mol. The number of aromatic nitrogens is 1. The Labute approximate surface area is 160 Å². The second-order valence-electron chi connectivity index (χ2n) is 7.30. The van der Waals surface area contributed by atoms with E-state index in [2.05, 4.69) is 23.9 Å². The zero-order chi connectivity index (χ0) is 19.7. The summed E-state index contributed by atoms with van der Waals surface area (Å²) in [4.78, 5) is 13.6. The number of rotatable bonds is 4. The van der Waals surface area contributed by atoms with Crippen molar-refractivity contribution in [3.8, 4) is 0 Å². The lowest BCUT2D eigenvalue weighted by Gasteiger charge is -2.18. The summed E-state index contributed by atoms with van der Waals surface area (Å²) in [5.41, 5.74) is 1.52. The minimum absolute atomic E-state index is 0.197. The summed E-state index contributed by atoms with van der Waals surface area (Å²) in [5.74, 6) is -1.82. The van der Waals surface area contributed by atoms with E-state index in [4.69, 9.17) is 4.78 Å². The molecule has 3 rings (SSSR count). The molecule has 0 saturated heterocycles. The van der Waals surface area contributed by atoms with Gasteiger partial charge in [0.15, 0.2) is 11.6 Å². The zero-order valence-electron chi connectivity index (χ0n) is 15.6. The first-order valence-electron chi connectivity index (χ1n) is 8.92. The molecule has 0 spiro atoms. The molecule has 1 aliphatic rings. The molecular weight excluding hydrogens is 370 g/mol. The van der Waals surface area contributed by atoms with Crippen molar-refractivity contribution in [3.05, 3.63) is 47.3 Å². The number of aryl methyl sites for hydroxylation is 1. The van der Waals surface area contributed by atoms with E-state index in [1.54, 1.807) is 11.6 Å². The normalized spacial score (nSPS) is 19.6. The summed E-state index contributed by atoms with van der Waals surface area (Å²) in [6, 6.07) is 3.51. The number of anilines is 1. The molecule has 2 heterocycles. The number of nitrogens with one attached hydrogen (secondary N) is 3. The van der Waals surface area contributed by atoms with Gasteiger partial charge < -0.3 is 9.88 Å². The Morgan fingerprint density at radius 1 is 1.41 bits per heavy atom. The fourth-order valence-electron chi connectivity index (χ4n) is 3.47. The average Bonchev–Trinajstić information content (AvgIpc) is 2.84. The van der Waals surface area contributed by atoms with Crippen molar-refractivity contribution in [2.24, 2.45) is 13.0 Å². The first kappa shape index (κ1) is 19.7. The molecule has 2 aromatic rings. The van der Waals surface area contributed by atoms with E-state index in [0.29, 0.717) is 18.0 Å². The Morgan fingerprint density at radius 3 is 2.81 bits per heavy atom. The highest BCUT2D eigenvalue weighted by Crippen LogP contribution is 2.28. The second-order valence-corrected chi connectivity index (χ2v) is 8.59. The minimum Gasteiger partial charge on any atom is -0.345 e. The van der Waals surface area contributed by atoms with Crippen LogP contribution in [-0.2, 0) is 24.3 Å². The maximum Gasteiger partial charge on any atom is 0.272 e. The molecule has 27 heavy (non-hydrogen) atoms. The Bertz CT molecular complexity index is 894. The number of fused-ring (bicyclic) bond motifs is 1. The number of halogens is 2. The van der Waals surface area contributed by atoms with Crippen molar-refractivity contribution in [1.29, 1.82) is 4.78 Å². The van der Waals surface area contributed by atoms with E-state index in [-0.39, 0.29) is 17.6 Å². The third kappa shape index (κ3) is 4.27. The fraction of sp³-hybridized carbons (Fsp3) is 0.421. The van der Waals surface area contributed by atoms with Crippen LogP contribution in [0, 0.1) is 22.3 Å². The molecule has 1 amide bonds. The van der Waals surface area contributed by atoms with Crippen molar-refractivity contribution >= 4 is 22.5 Å². The monoisotopic (exact) mass is 394 g/mol. The lowest BCUT2D eigenvalue weighted by atomic mass is 9.98. The molecular formula is C19H24F2N4OS. The molecule has 5 nitrogen and oxygen atoms in total. The maximum absolute atomic E-state index is 13.4. The molecule has 0 bridgehead atoms. The van der Waals surface area contributed by atoms with Gasteiger partial charge in [0, 0.05) is 31.0 Å². The molecule has 0 fully saturated rings. The van der Waals surface area contributed by atoms with Crippen molar-refractivity contribution in [2.75, 3.05) is 5.32 Å². The first-order valence-corrected chi connectivity index (χ1v) is 10.1. The summed E-state index contributed by atoms with van der Waals surface area (Å²) in [6.45, 7) is 4.31. The van der Waals surface area contributed by atoms with Gasteiger partial charge in [0.2, 0.25) is 0 Å². The number of nitrogens with zero attached hydrogens (tertiary/aromatic N) is 1. The van der Waals surface area contributed by atoms with Crippen LogP contribution in [0.4, 0.5) is 14.5 Å². The van der Waals surface area contributed by atoms with E-state index in [1.807, 2.05) is 6.20 Å². The maximum atomic E-state index is 13.4. The highest BCUT2D eigenvalue weighted by Gasteiger charge is 2.27. The second kappa shape index (κ2) is 7.90. The Hall–Kier alpha value is -2.06. The number of benzene rings is 1. The standard InChI is InChI=1S/C19H24F2N4OS/c1-11(2)8-13-4-6-14-17(27(22)24-13)10-25(3)18(14)19(26)23-12-5-7-15(20)16(21)9-12/h5,7,9-11,13H,4,6,8H2,1-3H3,(H2,22,24)(H,23,26). The van der Waals surface area contributed by atoms with Gasteiger partial charge in [-0.1, -0.05) is 13.8 Å². The van der Waals surface area contributed by atoms with Gasteiger partial charge in [-0.3, -0.25) is 9.57 Å². The topological polar surface area (TPSA) is 69.9 Å². The van der Waals surface area contributed by atoms with Crippen LogP contribution in [0.3, 0.4) is 0 Å². The van der Waals surface area contributed by atoms with Gasteiger partial charge in [0.1, 0.15) is 5.69 Å². The lowest BCUT2D eigenvalue weighted by Crippen LogP contribution is -2.30. The predicted molar refractivity (Wildman–Crippen MR) is 103 cm³/mol. The van der Waals surface area contributed by atoms with E-state index in [0.717, 1.165) is 35.4 Å². The predicted octanol–water partition coefficient (Wildman–Crippen LogP) is 4.16. The van der Waals surface area contributed by atoms with Crippen molar-refractivity contribution in [2.45, 2.75) is 44.0 Å². The Balaban J connectivity index is 1.86. The van der Waals surface area contributed by atoms with Gasteiger partial charge in [-0.05, 0) is 53.8 Å². The third-order valence-electron chi connectivity index (χ3n) is 4.64. The van der Waals surface area contributed by atoms with Gasteiger partial charge in [-0.25, -0.2) is 13.5 Å². The molecule has 8 heteroatoms. The van der Waals surface area contributed by atoms with Crippen LogP contribution in [0.15, 0.2) is 29.3 Å². The van der Waals surface area contributed by atoms with Gasteiger partial charge in [0.05, 0.1) is 4.90 Å². The van der Waals surface area contributed by atoms with Crippen LogP contribution in [0.25, 0.3) is 0 Å². The van der Waals surface area contributed by atoms with Crippen molar-refractivity contribution < 1.29 is 13.6 Å². The molecule has 146 valence electrons. The number of amides is 1. The summed E-state index contributed by atoms with van der Waals surface area (Å²) < 4.78 is 40.1. The van der Waals surface area contributed by atoms with Crippen LogP contribution in [0.1, 0.15) is 42.7 Å². The molecule has 0 radical (unpaired) electrons. The fourth-order valence-corrected chi connectivity index (χ4v) is 4.85. The van der Waals surface area contributed by atoms with E-state index in [1.165, 1.54) is 6.07 Å². The van der Waals surface area contributed by atoms with Crippen LogP contribution in [0.2, 0.25) is 0 Å². The highest BCUT2D eigenvalue weighted by molar-refractivity contribution is 7.84. The molecule has 2 unspecified atom stereocenters. The Kier molecular flexibility index (Phi) is 5.76. The number of hydrogen-bond donors (Lipinski definition) is 3. The molecule has 1 aromatic heterocycles. The van der Waals surface area contributed by atoms with E-state index in [9.17, 15) is 13.6 Å². The van der Waals surface area contributed by atoms with Crippen LogP contribution in [-0.4, -0.2) is 16.5 Å². The van der Waals surface area contributed by atoms with E-state index >= 15 is 0 Å². The van der Waals surface area contributed by atoms with Gasteiger partial charge in [0.25, 0.3) is 5.91 Å². The van der Waals surface area contributed by atoms with Crippen LogP contribution in [0.5, 0.6) is 0 Å². The van der Waals surface area contributed by atoms with Crippen molar-refractivity contribution in [1.82, 2.24) is 9.29 Å². The largest absolute Gasteiger partial charge is 0.345 e. The minimum atomic E-state index is -1.01. The highest BCUT2D eigenvalue weighted by atomic mass is 32.2. The van der Waals surface area contributed by atoms with E-state index < -0.39 is 22.5 Å². The van der Waals surface area contributed by atoms with Gasteiger partial charge >= 0.3 is 0 Å². The zero-order valence-corrected chi connectivity index (χ0v) is 16.4.